The van der Waals surface area contributed by atoms with Crippen LogP contribution in [-0.4, -0.2) is 6.67 Å². The first-order valence-corrected chi connectivity index (χ1v) is 9.65. The summed E-state index contributed by atoms with van der Waals surface area (Å²) in [5.41, 5.74) is 13.6. The van der Waals surface area contributed by atoms with Crippen LogP contribution in [0.1, 0.15) is 52.0 Å². The molecule has 2 heteroatoms. The third-order valence-electron chi connectivity index (χ3n) is 7.18. The molecule has 0 radical (unpaired) electrons. The highest BCUT2D eigenvalue weighted by molar-refractivity contribution is 5.77. The lowest BCUT2D eigenvalue weighted by atomic mass is 9.54. The molecule has 3 aliphatic carbocycles. The zero-order valence-corrected chi connectivity index (χ0v) is 15.7. The van der Waals surface area contributed by atoms with E-state index in [1.165, 1.54) is 36.1 Å². The van der Waals surface area contributed by atoms with Gasteiger partial charge in [0.05, 0.1) is 6.67 Å². The predicted molar refractivity (Wildman–Crippen MR) is 106 cm³/mol. The summed E-state index contributed by atoms with van der Waals surface area (Å²) in [6.07, 6.45) is 9.54. The second-order valence-corrected chi connectivity index (χ2v) is 8.40. The van der Waals surface area contributed by atoms with Gasteiger partial charge in [0.2, 0.25) is 0 Å². The normalized spacial score (nSPS) is 30.3. The van der Waals surface area contributed by atoms with Gasteiger partial charge in [0.1, 0.15) is 0 Å². The number of nitrogens with two attached hydrogens (primary N) is 1. The maximum atomic E-state index is 5.90. The fraction of sp³-hybridized carbons (Fsp3) is 0.478. The first kappa shape index (κ1) is 16.7. The molecule has 2 atom stereocenters. The molecular weight excluding hydrogens is 304 g/mol. The summed E-state index contributed by atoms with van der Waals surface area (Å²) in [7, 11) is 0. The number of allylic oxidation sites excluding steroid dienone is 6. The monoisotopic (exact) mass is 334 g/mol. The zero-order chi connectivity index (χ0) is 17.7. The number of nitrogens with one attached hydrogen (secondary N) is 1. The highest BCUT2D eigenvalue weighted by Crippen LogP contribution is 2.69. The standard InChI is InChI=1S/C23H30N2/c1-22(2)18-12-8-7-11-17(18)19-13-14-20(25-15-24)21(23(19,22)3)16-9-5-4-6-10-16/h4-6,8-10,12,19,25H,7,11,13-15,24H2,1-3H3. The van der Waals surface area contributed by atoms with Crippen molar-refractivity contribution in [3.63, 3.8) is 0 Å². The molecule has 0 amide bonds. The minimum Gasteiger partial charge on any atom is -0.376 e. The van der Waals surface area contributed by atoms with Gasteiger partial charge in [0.25, 0.3) is 0 Å². The van der Waals surface area contributed by atoms with Crippen molar-refractivity contribution in [1.29, 1.82) is 0 Å². The van der Waals surface area contributed by atoms with Gasteiger partial charge in [-0.1, -0.05) is 68.8 Å². The summed E-state index contributed by atoms with van der Waals surface area (Å²) in [6, 6.07) is 11.0. The topological polar surface area (TPSA) is 38.0 Å². The Morgan fingerprint density at radius 3 is 2.60 bits per heavy atom. The van der Waals surface area contributed by atoms with Crippen molar-refractivity contribution < 1.29 is 0 Å². The van der Waals surface area contributed by atoms with Crippen molar-refractivity contribution in [3.8, 4) is 0 Å². The van der Waals surface area contributed by atoms with Gasteiger partial charge >= 0.3 is 0 Å². The SMILES string of the molecule is CC1(C)C2=C(CCC=C2)C2CCC(NCN)=C(c3ccccc3)C21C. The molecule has 2 unspecified atom stereocenters. The van der Waals surface area contributed by atoms with Crippen LogP contribution in [0.4, 0.5) is 0 Å². The molecule has 0 aromatic heterocycles. The van der Waals surface area contributed by atoms with Crippen LogP contribution in [0, 0.1) is 16.7 Å². The number of benzene rings is 1. The second-order valence-electron chi connectivity index (χ2n) is 8.40. The molecule has 3 N–H and O–H groups in total. The van der Waals surface area contributed by atoms with Crippen LogP contribution >= 0.6 is 0 Å². The van der Waals surface area contributed by atoms with Gasteiger partial charge in [0, 0.05) is 11.1 Å². The van der Waals surface area contributed by atoms with Crippen molar-refractivity contribution in [2.75, 3.05) is 6.67 Å². The summed E-state index contributed by atoms with van der Waals surface area (Å²) in [4.78, 5) is 0. The zero-order valence-electron chi connectivity index (χ0n) is 15.7. The van der Waals surface area contributed by atoms with Crippen molar-refractivity contribution in [1.82, 2.24) is 5.32 Å². The number of fused-ring (bicyclic) bond motifs is 2. The lowest BCUT2D eigenvalue weighted by Crippen LogP contribution is -2.43. The smallest absolute Gasteiger partial charge is 0.0625 e. The van der Waals surface area contributed by atoms with Gasteiger partial charge in [-0.3, -0.25) is 0 Å². The molecule has 0 fully saturated rings. The molecule has 132 valence electrons. The van der Waals surface area contributed by atoms with E-state index < -0.39 is 0 Å². The van der Waals surface area contributed by atoms with E-state index in [0.717, 1.165) is 6.42 Å². The molecular formula is C23H30N2. The third kappa shape index (κ3) is 2.20. The maximum absolute atomic E-state index is 5.90. The van der Waals surface area contributed by atoms with E-state index in [-0.39, 0.29) is 10.8 Å². The minimum absolute atomic E-state index is 0.101. The van der Waals surface area contributed by atoms with E-state index in [1.54, 1.807) is 11.1 Å². The van der Waals surface area contributed by atoms with Crippen LogP contribution in [0.5, 0.6) is 0 Å². The molecule has 0 spiro atoms. The first-order chi connectivity index (χ1) is 12.0. The van der Waals surface area contributed by atoms with Crippen LogP contribution in [0.15, 0.2) is 59.3 Å². The van der Waals surface area contributed by atoms with Crippen LogP contribution < -0.4 is 11.1 Å². The van der Waals surface area contributed by atoms with Crippen molar-refractivity contribution in [2.45, 2.75) is 46.5 Å². The highest BCUT2D eigenvalue weighted by Gasteiger charge is 2.59. The van der Waals surface area contributed by atoms with E-state index in [4.69, 9.17) is 5.73 Å². The minimum atomic E-state index is 0.101. The Balaban J connectivity index is 1.94. The Morgan fingerprint density at radius 1 is 1.12 bits per heavy atom. The Kier molecular flexibility index (Phi) is 3.92. The summed E-state index contributed by atoms with van der Waals surface area (Å²) in [5, 5.41) is 3.51. The number of rotatable bonds is 3. The Morgan fingerprint density at radius 2 is 1.88 bits per heavy atom. The van der Waals surface area contributed by atoms with Gasteiger partial charge < -0.3 is 11.1 Å². The van der Waals surface area contributed by atoms with E-state index in [2.05, 4.69) is 68.6 Å². The van der Waals surface area contributed by atoms with Gasteiger partial charge in [-0.15, -0.1) is 0 Å². The fourth-order valence-corrected chi connectivity index (χ4v) is 5.77. The molecule has 0 saturated heterocycles. The molecule has 0 aliphatic heterocycles. The summed E-state index contributed by atoms with van der Waals surface area (Å²) >= 11 is 0. The van der Waals surface area contributed by atoms with Crippen LogP contribution in [0.3, 0.4) is 0 Å². The van der Waals surface area contributed by atoms with E-state index in [9.17, 15) is 0 Å². The summed E-state index contributed by atoms with van der Waals surface area (Å²) < 4.78 is 0. The lowest BCUT2D eigenvalue weighted by Gasteiger charge is -2.50. The lowest BCUT2D eigenvalue weighted by molar-refractivity contribution is 0.154. The molecule has 25 heavy (non-hydrogen) atoms. The van der Waals surface area contributed by atoms with Crippen LogP contribution in [-0.2, 0) is 0 Å². The Labute approximate surface area is 151 Å². The Hall–Kier alpha value is -1.80. The van der Waals surface area contributed by atoms with E-state index in [1.807, 2.05) is 0 Å². The largest absolute Gasteiger partial charge is 0.376 e. The molecule has 0 bridgehead atoms. The van der Waals surface area contributed by atoms with Crippen LogP contribution in [0.25, 0.3) is 5.57 Å². The van der Waals surface area contributed by atoms with Gasteiger partial charge in [-0.05, 0) is 53.7 Å². The van der Waals surface area contributed by atoms with Gasteiger partial charge in [0.15, 0.2) is 0 Å². The second kappa shape index (κ2) is 5.88. The quantitative estimate of drug-likeness (QED) is 0.763. The number of hydrogen-bond acceptors (Lipinski definition) is 2. The Bertz CT molecular complexity index is 767. The molecule has 1 aromatic rings. The van der Waals surface area contributed by atoms with Crippen molar-refractivity contribution in [2.24, 2.45) is 22.5 Å². The maximum Gasteiger partial charge on any atom is 0.0625 e. The third-order valence-corrected chi connectivity index (χ3v) is 7.18. The van der Waals surface area contributed by atoms with Gasteiger partial charge in [-0.25, -0.2) is 0 Å². The fourth-order valence-electron chi connectivity index (χ4n) is 5.77. The van der Waals surface area contributed by atoms with E-state index >= 15 is 0 Å². The molecule has 0 saturated carbocycles. The molecule has 1 aromatic carbocycles. The molecule has 2 nitrogen and oxygen atoms in total. The molecule has 3 aliphatic rings. The summed E-state index contributed by atoms with van der Waals surface area (Å²) in [5.74, 6) is 0.640. The number of hydrogen-bond donors (Lipinski definition) is 2. The van der Waals surface area contributed by atoms with Crippen molar-refractivity contribution >= 4 is 5.57 Å². The molecule has 4 rings (SSSR count). The van der Waals surface area contributed by atoms with Gasteiger partial charge in [-0.2, -0.15) is 0 Å². The summed E-state index contributed by atoms with van der Waals surface area (Å²) in [6.45, 7) is 7.90. The average molecular weight is 335 g/mol. The van der Waals surface area contributed by atoms with Crippen LogP contribution in [0.2, 0.25) is 0 Å². The average Bonchev–Trinajstić information content (AvgIpc) is 2.80. The van der Waals surface area contributed by atoms with E-state index in [0.29, 0.717) is 12.6 Å². The first-order valence-electron chi connectivity index (χ1n) is 9.65. The molecule has 0 heterocycles. The highest BCUT2D eigenvalue weighted by atomic mass is 15.0. The van der Waals surface area contributed by atoms with Crippen molar-refractivity contribution in [3.05, 3.63) is 64.9 Å². The predicted octanol–water partition coefficient (Wildman–Crippen LogP) is 5.01.